The van der Waals surface area contributed by atoms with Crippen LogP contribution in [0.1, 0.15) is 25.3 Å². The van der Waals surface area contributed by atoms with E-state index in [9.17, 15) is 0 Å². The summed E-state index contributed by atoms with van der Waals surface area (Å²) in [4.78, 5) is 2.46. The molecule has 3 heteroatoms. The van der Waals surface area contributed by atoms with Gasteiger partial charge in [0, 0.05) is 38.5 Å². The van der Waals surface area contributed by atoms with E-state index in [0.717, 1.165) is 26.2 Å². The van der Waals surface area contributed by atoms with E-state index >= 15 is 0 Å². The molecule has 0 radical (unpaired) electrons. The highest BCUT2D eigenvalue weighted by atomic mass is 16.5. The Kier molecular flexibility index (Phi) is 5.02. The molecule has 1 aromatic carbocycles. The Morgan fingerprint density at radius 2 is 2.22 bits per heavy atom. The fourth-order valence-electron chi connectivity index (χ4n) is 2.61. The molecule has 0 aliphatic carbocycles. The third-order valence-corrected chi connectivity index (χ3v) is 3.56. The Labute approximate surface area is 110 Å². The van der Waals surface area contributed by atoms with Gasteiger partial charge < -0.3 is 15.0 Å². The van der Waals surface area contributed by atoms with Crippen molar-refractivity contribution in [3.8, 4) is 0 Å². The van der Waals surface area contributed by atoms with Gasteiger partial charge in [-0.3, -0.25) is 0 Å². The lowest BCUT2D eigenvalue weighted by Crippen LogP contribution is -2.39. The number of hydrogen-bond acceptors (Lipinski definition) is 3. The zero-order valence-corrected chi connectivity index (χ0v) is 11.5. The number of fused-ring (bicyclic) bond motifs is 1. The van der Waals surface area contributed by atoms with E-state index in [0.29, 0.717) is 6.04 Å². The van der Waals surface area contributed by atoms with E-state index in [1.54, 1.807) is 7.11 Å². The van der Waals surface area contributed by atoms with Crippen molar-refractivity contribution in [2.24, 2.45) is 0 Å². The fraction of sp³-hybridized carbons (Fsp3) is 0.600. The molecule has 1 aromatic rings. The first-order valence-corrected chi connectivity index (χ1v) is 6.90. The molecule has 0 amide bonds. The monoisotopic (exact) mass is 248 g/mol. The molecule has 0 fully saturated rings. The zero-order valence-electron chi connectivity index (χ0n) is 11.5. The average molecular weight is 248 g/mol. The molecule has 3 nitrogen and oxygen atoms in total. The van der Waals surface area contributed by atoms with E-state index in [-0.39, 0.29) is 0 Å². The van der Waals surface area contributed by atoms with Gasteiger partial charge >= 0.3 is 0 Å². The van der Waals surface area contributed by atoms with Crippen LogP contribution in [0.5, 0.6) is 0 Å². The first-order valence-electron chi connectivity index (χ1n) is 6.90. The molecule has 1 atom stereocenters. The molecule has 18 heavy (non-hydrogen) atoms. The zero-order chi connectivity index (χ0) is 12.8. The number of nitrogens with one attached hydrogen (secondary N) is 1. The second-order valence-corrected chi connectivity index (χ2v) is 4.93. The highest BCUT2D eigenvalue weighted by Gasteiger charge is 2.20. The van der Waals surface area contributed by atoms with E-state index in [1.165, 1.54) is 24.1 Å². The summed E-state index contributed by atoms with van der Waals surface area (Å²) in [6.07, 6.45) is 2.46. The molecule has 0 saturated carbocycles. The van der Waals surface area contributed by atoms with Gasteiger partial charge in [0.05, 0.1) is 6.61 Å². The predicted molar refractivity (Wildman–Crippen MR) is 76.1 cm³/mol. The Morgan fingerprint density at radius 3 is 3.00 bits per heavy atom. The molecular formula is C15H24N2O. The van der Waals surface area contributed by atoms with Crippen LogP contribution in [0.4, 0.5) is 5.69 Å². The molecule has 0 aromatic heterocycles. The minimum atomic E-state index is 0.583. The standard InChI is InChI=1S/C15H24N2O/c1-3-6-14-12-17(9-10-18-2)15-8-5-4-7-13(15)11-16-14/h4-5,7-8,14,16H,3,6,9-12H2,1-2H3. The predicted octanol–water partition coefficient (Wildman–Crippen LogP) is 2.41. The highest BCUT2D eigenvalue weighted by molar-refractivity contribution is 5.54. The van der Waals surface area contributed by atoms with Crippen LogP contribution in [0.15, 0.2) is 24.3 Å². The van der Waals surface area contributed by atoms with Crippen LogP contribution in [-0.4, -0.2) is 32.8 Å². The first kappa shape index (κ1) is 13.4. The topological polar surface area (TPSA) is 24.5 Å². The Hall–Kier alpha value is -1.06. The number of hydrogen-bond donors (Lipinski definition) is 1. The maximum Gasteiger partial charge on any atom is 0.0637 e. The van der Waals surface area contributed by atoms with E-state index in [2.05, 4.69) is 41.4 Å². The minimum absolute atomic E-state index is 0.583. The van der Waals surface area contributed by atoms with Crippen molar-refractivity contribution >= 4 is 5.69 Å². The van der Waals surface area contributed by atoms with Crippen molar-refractivity contribution in [3.05, 3.63) is 29.8 Å². The fourth-order valence-corrected chi connectivity index (χ4v) is 2.61. The SMILES string of the molecule is CCCC1CN(CCOC)c2ccccc2CN1. The van der Waals surface area contributed by atoms with Gasteiger partial charge in [-0.2, -0.15) is 0 Å². The lowest BCUT2D eigenvalue weighted by molar-refractivity contribution is 0.204. The summed E-state index contributed by atoms with van der Waals surface area (Å²) in [5, 5.41) is 3.66. The Morgan fingerprint density at radius 1 is 1.39 bits per heavy atom. The Bertz CT molecular complexity index is 367. The quantitative estimate of drug-likeness (QED) is 0.866. The average Bonchev–Trinajstić information content (AvgIpc) is 2.57. The third kappa shape index (κ3) is 3.24. The summed E-state index contributed by atoms with van der Waals surface area (Å²) in [6, 6.07) is 9.27. The third-order valence-electron chi connectivity index (χ3n) is 3.56. The normalized spacial score (nSPS) is 19.4. The maximum atomic E-state index is 5.23. The maximum absolute atomic E-state index is 5.23. The second kappa shape index (κ2) is 6.76. The summed E-state index contributed by atoms with van der Waals surface area (Å²) >= 11 is 0. The van der Waals surface area contributed by atoms with Gasteiger partial charge in [-0.05, 0) is 18.1 Å². The Balaban J connectivity index is 2.15. The van der Waals surface area contributed by atoms with Gasteiger partial charge in [0.1, 0.15) is 0 Å². The molecule has 0 spiro atoms. The van der Waals surface area contributed by atoms with Crippen LogP contribution < -0.4 is 10.2 Å². The van der Waals surface area contributed by atoms with E-state index in [4.69, 9.17) is 4.74 Å². The molecule has 1 aliphatic heterocycles. The molecule has 0 saturated heterocycles. The lowest BCUT2D eigenvalue weighted by Gasteiger charge is -2.27. The minimum Gasteiger partial charge on any atom is -0.383 e. The van der Waals surface area contributed by atoms with E-state index in [1.807, 2.05) is 0 Å². The molecular weight excluding hydrogens is 224 g/mol. The van der Waals surface area contributed by atoms with Gasteiger partial charge in [0.25, 0.3) is 0 Å². The molecule has 1 aliphatic rings. The molecule has 1 unspecified atom stereocenters. The number of methoxy groups -OCH3 is 1. The number of nitrogens with zero attached hydrogens (tertiary/aromatic N) is 1. The van der Waals surface area contributed by atoms with Crippen molar-refractivity contribution in [3.63, 3.8) is 0 Å². The van der Waals surface area contributed by atoms with E-state index < -0.39 is 0 Å². The van der Waals surface area contributed by atoms with Gasteiger partial charge in [0.2, 0.25) is 0 Å². The number of benzene rings is 1. The molecule has 1 heterocycles. The van der Waals surface area contributed by atoms with Gasteiger partial charge in [-0.1, -0.05) is 31.5 Å². The van der Waals surface area contributed by atoms with Gasteiger partial charge in [-0.25, -0.2) is 0 Å². The summed E-state index contributed by atoms with van der Waals surface area (Å²) in [6.45, 7) is 6.06. The van der Waals surface area contributed by atoms with Crippen molar-refractivity contribution in [1.82, 2.24) is 5.32 Å². The van der Waals surface area contributed by atoms with Crippen LogP contribution in [0.2, 0.25) is 0 Å². The van der Waals surface area contributed by atoms with Crippen molar-refractivity contribution in [2.75, 3.05) is 31.7 Å². The first-order chi connectivity index (χ1) is 8.85. The van der Waals surface area contributed by atoms with Crippen LogP contribution in [0.25, 0.3) is 0 Å². The van der Waals surface area contributed by atoms with Gasteiger partial charge in [-0.15, -0.1) is 0 Å². The summed E-state index contributed by atoms with van der Waals surface area (Å²) in [7, 11) is 1.77. The second-order valence-electron chi connectivity index (χ2n) is 4.93. The van der Waals surface area contributed by atoms with Gasteiger partial charge in [0.15, 0.2) is 0 Å². The smallest absolute Gasteiger partial charge is 0.0637 e. The highest BCUT2D eigenvalue weighted by Crippen LogP contribution is 2.23. The molecule has 0 bridgehead atoms. The largest absolute Gasteiger partial charge is 0.383 e. The van der Waals surface area contributed by atoms with Crippen LogP contribution in [0.3, 0.4) is 0 Å². The van der Waals surface area contributed by atoms with Crippen molar-refractivity contribution < 1.29 is 4.74 Å². The number of ether oxygens (including phenoxy) is 1. The van der Waals surface area contributed by atoms with Crippen LogP contribution >= 0.6 is 0 Å². The summed E-state index contributed by atoms with van der Waals surface area (Å²) in [5.41, 5.74) is 2.76. The summed E-state index contributed by atoms with van der Waals surface area (Å²) < 4.78 is 5.23. The number of para-hydroxylation sites is 1. The number of rotatable bonds is 5. The lowest BCUT2D eigenvalue weighted by atomic mass is 10.1. The molecule has 100 valence electrons. The van der Waals surface area contributed by atoms with Crippen molar-refractivity contribution in [2.45, 2.75) is 32.4 Å². The van der Waals surface area contributed by atoms with Crippen molar-refractivity contribution in [1.29, 1.82) is 0 Å². The summed E-state index contributed by atoms with van der Waals surface area (Å²) in [5.74, 6) is 0. The van der Waals surface area contributed by atoms with Crippen LogP contribution in [0, 0.1) is 0 Å². The molecule has 2 rings (SSSR count). The molecule has 1 N–H and O–H groups in total. The number of anilines is 1. The van der Waals surface area contributed by atoms with Crippen LogP contribution in [-0.2, 0) is 11.3 Å².